The minimum Gasteiger partial charge on any atom is -0.493 e. The predicted molar refractivity (Wildman–Crippen MR) is 105 cm³/mol. The fourth-order valence-electron chi connectivity index (χ4n) is 2.50. The van der Waals surface area contributed by atoms with Gasteiger partial charge in [-0.05, 0) is 36.2 Å². The van der Waals surface area contributed by atoms with Crippen LogP contribution in [-0.4, -0.2) is 17.8 Å². The molecule has 3 aromatic rings. The lowest BCUT2D eigenvalue weighted by Gasteiger charge is -2.11. The van der Waals surface area contributed by atoms with E-state index in [0.717, 1.165) is 29.2 Å². The fourth-order valence-corrected chi connectivity index (χ4v) is 3.45. The molecule has 0 aliphatic carbocycles. The number of rotatable bonds is 8. The van der Waals surface area contributed by atoms with Gasteiger partial charge in [-0.1, -0.05) is 37.3 Å². The minimum atomic E-state index is 0.180. The molecule has 1 heterocycles. The van der Waals surface area contributed by atoms with Gasteiger partial charge in [0.2, 0.25) is 0 Å². The molecule has 0 fully saturated rings. The second kappa shape index (κ2) is 8.58. The van der Waals surface area contributed by atoms with Gasteiger partial charge in [-0.25, -0.2) is 4.98 Å². The summed E-state index contributed by atoms with van der Waals surface area (Å²) in [5.74, 6) is 1.02. The summed E-state index contributed by atoms with van der Waals surface area (Å²) in [6, 6.07) is 18.5. The number of thiazole rings is 1. The largest absolute Gasteiger partial charge is 0.493 e. The molecule has 0 radical (unpaired) electrons. The van der Waals surface area contributed by atoms with Crippen molar-refractivity contribution in [3.8, 4) is 16.3 Å². The average Bonchev–Trinajstić information content (AvgIpc) is 3.12. The zero-order valence-electron chi connectivity index (χ0n) is 14.3. The standard InChI is InChI=1S/C21H22N2OS/c1-2-16(13-22)15-24-19-10-8-18(9-11-19)21-23-14-20(25-21)12-17-6-4-3-5-7-17/h3-11,13-14,16,22H,2,12,15H2,1H3/t16-/m1/s1. The number of ether oxygens (including phenoxy) is 1. The van der Waals surface area contributed by atoms with Gasteiger partial charge in [0.15, 0.2) is 0 Å². The van der Waals surface area contributed by atoms with E-state index >= 15 is 0 Å². The first-order valence-electron chi connectivity index (χ1n) is 8.51. The third-order valence-corrected chi connectivity index (χ3v) is 5.15. The second-order valence-electron chi connectivity index (χ2n) is 5.96. The van der Waals surface area contributed by atoms with Crippen molar-refractivity contribution >= 4 is 17.6 Å². The normalized spacial score (nSPS) is 11.9. The topological polar surface area (TPSA) is 46.0 Å². The first kappa shape index (κ1) is 17.4. The Morgan fingerprint density at radius 3 is 2.56 bits per heavy atom. The quantitative estimate of drug-likeness (QED) is 0.549. The van der Waals surface area contributed by atoms with Crippen LogP contribution in [-0.2, 0) is 6.42 Å². The predicted octanol–water partition coefficient (Wildman–Crippen LogP) is 5.46. The summed E-state index contributed by atoms with van der Waals surface area (Å²) >= 11 is 1.73. The highest BCUT2D eigenvalue weighted by Gasteiger charge is 2.07. The van der Waals surface area contributed by atoms with Gasteiger partial charge < -0.3 is 10.1 Å². The minimum absolute atomic E-state index is 0.180. The van der Waals surface area contributed by atoms with E-state index in [0.29, 0.717) is 6.61 Å². The van der Waals surface area contributed by atoms with Crippen LogP contribution in [0.3, 0.4) is 0 Å². The summed E-state index contributed by atoms with van der Waals surface area (Å²) in [6.07, 6.45) is 5.26. The van der Waals surface area contributed by atoms with Crippen molar-refractivity contribution in [2.75, 3.05) is 6.61 Å². The average molecular weight is 350 g/mol. The van der Waals surface area contributed by atoms with Gasteiger partial charge in [-0.15, -0.1) is 11.3 Å². The van der Waals surface area contributed by atoms with Crippen LogP contribution in [0.4, 0.5) is 0 Å². The van der Waals surface area contributed by atoms with E-state index in [-0.39, 0.29) is 5.92 Å². The third kappa shape index (κ3) is 4.77. The van der Waals surface area contributed by atoms with Crippen molar-refractivity contribution in [3.05, 3.63) is 71.2 Å². The summed E-state index contributed by atoms with van der Waals surface area (Å²) in [5, 5.41) is 8.37. The lowest BCUT2D eigenvalue weighted by Crippen LogP contribution is -2.11. The van der Waals surface area contributed by atoms with Crippen LogP contribution < -0.4 is 4.74 Å². The molecule has 2 aromatic carbocycles. The molecule has 0 bridgehead atoms. The van der Waals surface area contributed by atoms with Crippen LogP contribution in [0, 0.1) is 11.3 Å². The lowest BCUT2D eigenvalue weighted by atomic mass is 10.1. The third-order valence-electron chi connectivity index (χ3n) is 4.10. The monoisotopic (exact) mass is 350 g/mol. The van der Waals surface area contributed by atoms with Gasteiger partial charge in [0.25, 0.3) is 0 Å². The van der Waals surface area contributed by atoms with Crippen molar-refractivity contribution in [1.29, 1.82) is 5.41 Å². The van der Waals surface area contributed by atoms with Gasteiger partial charge in [-0.2, -0.15) is 0 Å². The van der Waals surface area contributed by atoms with Gasteiger partial charge >= 0.3 is 0 Å². The van der Waals surface area contributed by atoms with Crippen LogP contribution >= 0.6 is 11.3 Å². The van der Waals surface area contributed by atoms with Crippen molar-refractivity contribution < 1.29 is 4.74 Å². The van der Waals surface area contributed by atoms with E-state index in [1.165, 1.54) is 16.7 Å². The smallest absolute Gasteiger partial charge is 0.123 e. The summed E-state index contributed by atoms with van der Waals surface area (Å²) in [7, 11) is 0. The first-order valence-corrected chi connectivity index (χ1v) is 9.32. The maximum Gasteiger partial charge on any atom is 0.123 e. The van der Waals surface area contributed by atoms with E-state index in [2.05, 4.69) is 36.2 Å². The Balaban J connectivity index is 1.63. The molecular formula is C21H22N2OS. The molecular weight excluding hydrogens is 328 g/mol. The van der Waals surface area contributed by atoms with Crippen LogP contribution in [0.25, 0.3) is 10.6 Å². The van der Waals surface area contributed by atoms with E-state index in [9.17, 15) is 0 Å². The highest BCUT2D eigenvalue weighted by atomic mass is 32.1. The van der Waals surface area contributed by atoms with Crippen molar-refractivity contribution in [2.45, 2.75) is 19.8 Å². The number of hydrogen-bond acceptors (Lipinski definition) is 4. The molecule has 3 rings (SSSR count). The van der Waals surface area contributed by atoms with Crippen LogP contribution in [0.15, 0.2) is 60.8 Å². The molecule has 0 aliphatic rings. The van der Waals surface area contributed by atoms with Crippen molar-refractivity contribution in [1.82, 2.24) is 4.98 Å². The molecule has 1 atom stereocenters. The highest BCUT2D eigenvalue weighted by molar-refractivity contribution is 7.15. The Labute approximate surface area is 152 Å². The number of benzene rings is 2. The Morgan fingerprint density at radius 1 is 1.12 bits per heavy atom. The number of hydrogen-bond donors (Lipinski definition) is 1. The number of nitrogens with one attached hydrogen (secondary N) is 1. The summed E-state index contributed by atoms with van der Waals surface area (Å²) in [4.78, 5) is 5.82. The fraction of sp³-hybridized carbons (Fsp3) is 0.238. The molecule has 0 saturated carbocycles. The zero-order valence-corrected chi connectivity index (χ0v) is 15.1. The summed E-state index contributed by atoms with van der Waals surface area (Å²) in [5.41, 5.74) is 2.41. The Morgan fingerprint density at radius 2 is 1.88 bits per heavy atom. The Hall–Kier alpha value is -2.46. The first-order chi connectivity index (χ1) is 12.3. The van der Waals surface area contributed by atoms with E-state index in [1.807, 2.05) is 36.5 Å². The number of aromatic nitrogens is 1. The van der Waals surface area contributed by atoms with Crippen LogP contribution in [0.5, 0.6) is 5.75 Å². The molecule has 3 nitrogen and oxygen atoms in total. The zero-order chi connectivity index (χ0) is 17.5. The second-order valence-corrected chi connectivity index (χ2v) is 7.08. The molecule has 0 amide bonds. The summed E-state index contributed by atoms with van der Waals surface area (Å²) < 4.78 is 5.76. The highest BCUT2D eigenvalue weighted by Crippen LogP contribution is 2.28. The molecule has 128 valence electrons. The van der Waals surface area contributed by atoms with Crippen LogP contribution in [0.1, 0.15) is 23.8 Å². The van der Waals surface area contributed by atoms with Crippen molar-refractivity contribution in [2.24, 2.45) is 5.92 Å². The Bertz CT molecular complexity index is 796. The van der Waals surface area contributed by atoms with Gasteiger partial charge in [0.1, 0.15) is 10.8 Å². The SMILES string of the molecule is CC[C@H](C=N)COc1ccc(-c2ncc(Cc3ccccc3)s2)cc1. The van der Waals surface area contributed by atoms with Gasteiger partial charge in [0, 0.05) is 35.2 Å². The molecule has 1 aromatic heterocycles. The van der Waals surface area contributed by atoms with Gasteiger partial charge in [-0.3, -0.25) is 0 Å². The molecule has 0 saturated heterocycles. The van der Waals surface area contributed by atoms with Crippen molar-refractivity contribution in [3.63, 3.8) is 0 Å². The maximum absolute atomic E-state index is 7.34. The van der Waals surface area contributed by atoms with Crippen LogP contribution in [0.2, 0.25) is 0 Å². The molecule has 0 unspecified atom stereocenters. The van der Waals surface area contributed by atoms with E-state index in [4.69, 9.17) is 10.1 Å². The lowest BCUT2D eigenvalue weighted by molar-refractivity contribution is 0.283. The number of nitrogens with zero attached hydrogens (tertiary/aromatic N) is 1. The molecule has 4 heteroatoms. The molecule has 25 heavy (non-hydrogen) atoms. The molecule has 0 aliphatic heterocycles. The van der Waals surface area contributed by atoms with Gasteiger partial charge in [0.05, 0.1) is 6.61 Å². The molecule has 0 spiro atoms. The maximum atomic E-state index is 7.34. The molecule has 1 N–H and O–H groups in total. The van der Waals surface area contributed by atoms with E-state index < -0.39 is 0 Å². The van der Waals surface area contributed by atoms with E-state index in [1.54, 1.807) is 11.3 Å². The summed E-state index contributed by atoms with van der Waals surface area (Å²) in [6.45, 7) is 2.62. The Kier molecular flexibility index (Phi) is 5.96.